The van der Waals surface area contributed by atoms with Crippen LogP contribution >= 0.6 is 11.3 Å². The van der Waals surface area contributed by atoms with Gasteiger partial charge < -0.3 is 0 Å². The van der Waals surface area contributed by atoms with Crippen molar-refractivity contribution in [1.82, 2.24) is 5.43 Å². The first-order valence-corrected chi connectivity index (χ1v) is 4.92. The zero-order valence-corrected chi connectivity index (χ0v) is 8.52. The third kappa shape index (κ3) is 3.38. The van der Waals surface area contributed by atoms with Crippen LogP contribution in [-0.4, -0.2) is 12.1 Å². The predicted molar refractivity (Wildman–Crippen MR) is 55.1 cm³/mol. The van der Waals surface area contributed by atoms with E-state index in [2.05, 4.69) is 23.5 Å². The molecule has 0 unspecified atom stereocenters. The first-order chi connectivity index (χ1) is 6.22. The Morgan fingerprint density at radius 2 is 2.46 bits per heavy atom. The molecule has 0 aliphatic rings. The van der Waals surface area contributed by atoms with Crippen LogP contribution in [0.5, 0.6) is 0 Å². The summed E-state index contributed by atoms with van der Waals surface area (Å²) in [7, 11) is 0. The van der Waals surface area contributed by atoms with Gasteiger partial charge in [0.05, 0.1) is 6.21 Å². The van der Waals surface area contributed by atoms with Crippen LogP contribution in [0.4, 0.5) is 0 Å². The highest BCUT2D eigenvalue weighted by Crippen LogP contribution is 2.14. The minimum absolute atomic E-state index is 0.150. The Bertz CT molecular complexity index is 317. The fourth-order valence-corrected chi connectivity index (χ4v) is 1.67. The van der Waals surface area contributed by atoms with Gasteiger partial charge in [-0.1, -0.05) is 6.92 Å². The molecule has 3 nitrogen and oxygen atoms in total. The number of rotatable bonds is 3. The zero-order valence-electron chi connectivity index (χ0n) is 7.70. The van der Waals surface area contributed by atoms with E-state index in [4.69, 9.17) is 0 Å². The number of amides is 1. The molecule has 1 heterocycles. The largest absolute Gasteiger partial charge is 0.274 e. The Hall–Kier alpha value is -1.16. The molecule has 70 valence electrons. The first kappa shape index (κ1) is 9.92. The number of thiophene rings is 1. The van der Waals surface area contributed by atoms with Crippen molar-refractivity contribution in [2.45, 2.75) is 20.3 Å². The molecule has 0 radical (unpaired) electrons. The van der Waals surface area contributed by atoms with Crippen molar-refractivity contribution in [3.63, 3.8) is 0 Å². The van der Waals surface area contributed by atoms with Gasteiger partial charge in [0.1, 0.15) is 0 Å². The van der Waals surface area contributed by atoms with E-state index >= 15 is 0 Å². The minimum Gasteiger partial charge on any atom is -0.274 e. The summed E-state index contributed by atoms with van der Waals surface area (Å²) >= 11 is 1.68. The Kier molecular flexibility index (Phi) is 3.64. The lowest BCUT2D eigenvalue weighted by atomic mass is 10.4. The van der Waals surface area contributed by atoms with Crippen LogP contribution in [-0.2, 0) is 11.2 Å². The van der Waals surface area contributed by atoms with Crippen molar-refractivity contribution in [3.05, 3.63) is 21.9 Å². The summed E-state index contributed by atoms with van der Waals surface area (Å²) in [6.07, 6.45) is 2.70. The Labute approximate surface area is 81.5 Å². The van der Waals surface area contributed by atoms with Gasteiger partial charge >= 0.3 is 0 Å². The van der Waals surface area contributed by atoms with E-state index in [9.17, 15) is 4.79 Å². The van der Waals surface area contributed by atoms with Crippen molar-refractivity contribution in [1.29, 1.82) is 0 Å². The number of carbonyl (C=O) groups excluding carboxylic acids is 1. The SMILES string of the molecule is CCc1ccc(/C=N/NC(C)=O)s1. The van der Waals surface area contributed by atoms with E-state index in [-0.39, 0.29) is 5.91 Å². The Morgan fingerprint density at radius 1 is 1.69 bits per heavy atom. The zero-order chi connectivity index (χ0) is 9.68. The summed E-state index contributed by atoms with van der Waals surface area (Å²) in [6, 6.07) is 4.06. The molecular weight excluding hydrogens is 184 g/mol. The summed E-state index contributed by atoms with van der Waals surface area (Å²) in [6.45, 7) is 3.55. The first-order valence-electron chi connectivity index (χ1n) is 4.10. The van der Waals surface area contributed by atoms with Gasteiger partial charge in [0.15, 0.2) is 0 Å². The van der Waals surface area contributed by atoms with Crippen molar-refractivity contribution in [2.24, 2.45) is 5.10 Å². The average molecular weight is 196 g/mol. The second-order valence-electron chi connectivity index (χ2n) is 2.58. The fourth-order valence-electron chi connectivity index (χ4n) is 0.841. The molecule has 1 amide bonds. The molecule has 4 heteroatoms. The molecule has 0 fully saturated rings. The van der Waals surface area contributed by atoms with Crippen LogP contribution in [0.25, 0.3) is 0 Å². The number of hydrogen-bond acceptors (Lipinski definition) is 3. The third-order valence-electron chi connectivity index (χ3n) is 1.44. The van der Waals surface area contributed by atoms with Gasteiger partial charge in [-0.05, 0) is 18.6 Å². The van der Waals surface area contributed by atoms with E-state index in [1.165, 1.54) is 11.8 Å². The fraction of sp³-hybridized carbons (Fsp3) is 0.333. The summed E-state index contributed by atoms with van der Waals surface area (Å²) in [5.74, 6) is -0.150. The number of nitrogens with zero attached hydrogens (tertiary/aromatic N) is 1. The van der Waals surface area contributed by atoms with E-state index in [1.54, 1.807) is 17.6 Å². The van der Waals surface area contributed by atoms with Crippen LogP contribution in [0, 0.1) is 0 Å². The predicted octanol–water partition coefficient (Wildman–Crippen LogP) is 1.78. The molecule has 0 aliphatic heterocycles. The van der Waals surface area contributed by atoms with Gasteiger partial charge in [0.2, 0.25) is 5.91 Å². The molecule has 0 saturated heterocycles. The van der Waals surface area contributed by atoms with E-state index < -0.39 is 0 Å². The van der Waals surface area contributed by atoms with Crippen LogP contribution in [0.3, 0.4) is 0 Å². The number of hydrogen-bond donors (Lipinski definition) is 1. The molecule has 0 aromatic carbocycles. The lowest BCUT2D eigenvalue weighted by Gasteiger charge is -1.88. The lowest BCUT2D eigenvalue weighted by molar-refractivity contribution is -0.118. The molecule has 13 heavy (non-hydrogen) atoms. The standard InChI is InChI=1S/C9H12N2OS/c1-3-8-4-5-9(13-8)6-10-11-7(2)12/h4-6H,3H2,1-2H3,(H,11,12)/b10-6+. The Balaban J connectivity index is 2.53. The van der Waals surface area contributed by atoms with Gasteiger partial charge in [-0.15, -0.1) is 11.3 Å². The monoisotopic (exact) mass is 196 g/mol. The van der Waals surface area contributed by atoms with E-state index in [0.29, 0.717) is 0 Å². The van der Waals surface area contributed by atoms with Crippen molar-refractivity contribution >= 4 is 23.5 Å². The number of nitrogens with one attached hydrogen (secondary N) is 1. The molecule has 1 rings (SSSR count). The number of carbonyl (C=O) groups is 1. The second kappa shape index (κ2) is 4.77. The van der Waals surface area contributed by atoms with Gasteiger partial charge in [0.25, 0.3) is 0 Å². The van der Waals surface area contributed by atoms with Gasteiger partial charge in [-0.3, -0.25) is 4.79 Å². The maximum atomic E-state index is 10.5. The topological polar surface area (TPSA) is 41.5 Å². The van der Waals surface area contributed by atoms with Gasteiger partial charge in [0, 0.05) is 16.7 Å². The van der Waals surface area contributed by atoms with E-state index in [1.807, 2.05) is 6.07 Å². The number of hydrazone groups is 1. The molecule has 1 aromatic rings. The van der Waals surface area contributed by atoms with Crippen LogP contribution in [0.1, 0.15) is 23.6 Å². The molecular formula is C9H12N2OS. The molecule has 0 spiro atoms. The van der Waals surface area contributed by atoms with Gasteiger partial charge in [-0.2, -0.15) is 5.10 Å². The quantitative estimate of drug-likeness (QED) is 0.581. The molecule has 0 aliphatic carbocycles. The number of aryl methyl sites for hydroxylation is 1. The summed E-state index contributed by atoms with van der Waals surface area (Å²) in [5.41, 5.74) is 2.36. The summed E-state index contributed by atoms with van der Waals surface area (Å²) < 4.78 is 0. The smallest absolute Gasteiger partial charge is 0.236 e. The lowest BCUT2D eigenvalue weighted by Crippen LogP contribution is -2.11. The molecule has 0 bridgehead atoms. The normalized spacial score (nSPS) is 10.6. The maximum Gasteiger partial charge on any atom is 0.236 e. The molecule has 0 atom stereocenters. The maximum absolute atomic E-state index is 10.5. The summed E-state index contributed by atoms with van der Waals surface area (Å²) in [5, 5.41) is 3.77. The highest BCUT2D eigenvalue weighted by atomic mass is 32.1. The highest BCUT2D eigenvalue weighted by molar-refractivity contribution is 7.13. The van der Waals surface area contributed by atoms with Crippen LogP contribution in [0.2, 0.25) is 0 Å². The van der Waals surface area contributed by atoms with Gasteiger partial charge in [-0.25, -0.2) is 5.43 Å². The molecule has 1 N–H and O–H groups in total. The summed E-state index contributed by atoms with van der Waals surface area (Å²) in [4.78, 5) is 12.9. The van der Waals surface area contributed by atoms with Crippen molar-refractivity contribution in [2.75, 3.05) is 0 Å². The van der Waals surface area contributed by atoms with Crippen LogP contribution < -0.4 is 5.43 Å². The van der Waals surface area contributed by atoms with Crippen molar-refractivity contribution in [3.8, 4) is 0 Å². The molecule has 1 aromatic heterocycles. The highest BCUT2D eigenvalue weighted by Gasteiger charge is 1.94. The van der Waals surface area contributed by atoms with Crippen LogP contribution in [0.15, 0.2) is 17.2 Å². The van der Waals surface area contributed by atoms with E-state index in [0.717, 1.165) is 11.3 Å². The third-order valence-corrected chi connectivity index (χ3v) is 2.61. The Morgan fingerprint density at radius 3 is 3.00 bits per heavy atom. The van der Waals surface area contributed by atoms with Crippen molar-refractivity contribution < 1.29 is 4.79 Å². The second-order valence-corrected chi connectivity index (χ2v) is 3.78. The average Bonchev–Trinajstić information content (AvgIpc) is 2.52. The molecule has 0 saturated carbocycles. The minimum atomic E-state index is -0.150.